The van der Waals surface area contributed by atoms with Crippen LogP contribution >= 0.6 is 0 Å². The van der Waals surface area contributed by atoms with Gasteiger partial charge in [0.2, 0.25) is 0 Å². The molecule has 6 rings (SSSR count). The third-order valence-corrected chi connectivity index (χ3v) is 10.0. The highest BCUT2D eigenvalue weighted by Gasteiger charge is 2.71. The third-order valence-electron chi connectivity index (χ3n) is 10.0. The minimum atomic E-state index is -0.235. The smallest absolute Gasteiger partial charge is 0.116 e. The minimum Gasteiger partial charge on any atom is -0.388 e. The van der Waals surface area contributed by atoms with Crippen LogP contribution in [-0.2, 0) is 4.74 Å². The van der Waals surface area contributed by atoms with Crippen molar-refractivity contribution in [1.29, 1.82) is 0 Å². The minimum absolute atomic E-state index is 0.155. The lowest BCUT2D eigenvalue weighted by atomic mass is 9.38. The maximum atomic E-state index is 11.3. The third kappa shape index (κ3) is 1.62. The lowest BCUT2D eigenvalue weighted by Crippen LogP contribution is -2.70. The number of piperidine rings is 1. The molecule has 3 heteroatoms. The van der Waals surface area contributed by atoms with Crippen LogP contribution in [0.1, 0.15) is 58.3 Å². The Morgan fingerprint density at radius 3 is 2.88 bits per heavy atom. The fraction of sp³-hybridized carbons (Fsp3) is 0.909. The lowest BCUT2D eigenvalue weighted by Gasteiger charge is -2.70. The average Bonchev–Trinajstić information content (AvgIpc) is 3.13. The molecule has 0 amide bonds. The van der Waals surface area contributed by atoms with Gasteiger partial charge in [-0.05, 0) is 73.7 Å². The van der Waals surface area contributed by atoms with Crippen LogP contribution in [0.2, 0.25) is 0 Å². The van der Waals surface area contributed by atoms with Gasteiger partial charge in [0.1, 0.15) is 6.23 Å². The van der Waals surface area contributed by atoms with E-state index < -0.39 is 0 Å². The Kier molecular flexibility index (Phi) is 2.95. The zero-order chi connectivity index (χ0) is 17.0. The summed E-state index contributed by atoms with van der Waals surface area (Å²) in [5.41, 5.74) is 2.08. The molecule has 4 saturated carbocycles. The van der Waals surface area contributed by atoms with Crippen LogP contribution in [0.3, 0.4) is 0 Å². The lowest BCUT2D eigenvalue weighted by molar-refractivity contribution is -0.259. The zero-order valence-corrected chi connectivity index (χ0v) is 15.7. The highest BCUT2D eigenvalue weighted by Crippen LogP contribution is 2.74. The van der Waals surface area contributed by atoms with E-state index in [1.807, 2.05) is 0 Å². The van der Waals surface area contributed by atoms with Gasteiger partial charge < -0.3 is 9.84 Å². The molecule has 1 spiro atoms. The molecule has 25 heavy (non-hydrogen) atoms. The maximum absolute atomic E-state index is 11.3. The maximum Gasteiger partial charge on any atom is 0.116 e. The molecule has 138 valence electrons. The molecule has 3 nitrogen and oxygen atoms in total. The van der Waals surface area contributed by atoms with Crippen molar-refractivity contribution < 1.29 is 9.84 Å². The molecule has 0 radical (unpaired) electrons. The van der Waals surface area contributed by atoms with Crippen molar-refractivity contribution in [2.75, 3.05) is 19.7 Å². The van der Waals surface area contributed by atoms with Gasteiger partial charge in [-0.1, -0.05) is 19.9 Å². The molecule has 1 N–H and O–H groups in total. The first kappa shape index (κ1) is 15.7. The number of fused-ring (bicyclic) bond motifs is 3. The Morgan fingerprint density at radius 2 is 2.00 bits per heavy atom. The Bertz CT molecular complexity index is 634. The Morgan fingerprint density at radius 1 is 1.12 bits per heavy atom. The second-order valence-electron chi connectivity index (χ2n) is 10.6. The fourth-order valence-electron chi connectivity index (χ4n) is 9.34. The number of aliphatic hydroxyl groups excluding tert-OH is 1. The highest BCUT2D eigenvalue weighted by molar-refractivity contribution is 5.28. The van der Waals surface area contributed by atoms with Gasteiger partial charge in [0, 0.05) is 23.9 Å². The van der Waals surface area contributed by atoms with E-state index in [1.54, 1.807) is 0 Å². The second kappa shape index (κ2) is 4.72. The molecule has 6 fully saturated rings. The van der Waals surface area contributed by atoms with E-state index in [4.69, 9.17) is 4.74 Å². The summed E-state index contributed by atoms with van der Waals surface area (Å²) in [6, 6.07) is 0. The van der Waals surface area contributed by atoms with Gasteiger partial charge in [-0.2, -0.15) is 0 Å². The Balaban J connectivity index is 1.49. The first-order chi connectivity index (χ1) is 12.0. The number of hydrogen-bond acceptors (Lipinski definition) is 3. The van der Waals surface area contributed by atoms with Crippen LogP contribution < -0.4 is 0 Å². The van der Waals surface area contributed by atoms with Crippen LogP contribution in [0.15, 0.2) is 12.2 Å². The van der Waals surface area contributed by atoms with E-state index >= 15 is 0 Å². The van der Waals surface area contributed by atoms with Crippen molar-refractivity contribution in [3.8, 4) is 0 Å². The summed E-state index contributed by atoms with van der Waals surface area (Å²) < 4.78 is 6.29. The molecule has 6 aliphatic rings. The SMILES string of the molecule is C=C1[C@H]2CC[C@@H]3[C@@](CC[C@H]4[C@@]35CCC[C@@]4(C)C3OCCN3C5)(C2)[C@H]1O. The molecular formula is C22H33NO2. The van der Waals surface area contributed by atoms with Crippen molar-refractivity contribution in [2.45, 2.75) is 70.6 Å². The van der Waals surface area contributed by atoms with Crippen LogP contribution in [-0.4, -0.2) is 42.0 Å². The number of nitrogens with zero attached hydrogens (tertiary/aromatic N) is 1. The van der Waals surface area contributed by atoms with Gasteiger partial charge >= 0.3 is 0 Å². The van der Waals surface area contributed by atoms with Gasteiger partial charge in [0.15, 0.2) is 0 Å². The molecule has 2 aliphatic heterocycles. The first-order valence-electron chi connectivity index (χ1n) is 10.7. The van der Waals surface area contributed by atoms with Crippen molar-refractivity contribution in [2.24, 2.45) is 34.0 Å². The monoisotopic (exact) mass is 343 g/mol. The Labute approximate surface area is 151 Å². The van der Waals surface area contributed by atoms with E-state index in [1.165, 1.54) is 63.5 Å². The van der Waals surface area contributed by atoms with Gasteiger partial charge in [-0.25, -0.2) is 0 Å². The molecule has 4 bridgehead atoms. The summed E-state index contributed by atoms with van der Waals surface area (Å²) >= 11 is 0. The fourth-order valence-corrected chi connectivity index (χ4v) is 9.34. The summed E-state index contributed by atoms with van der Waals surface area (Å²) in [5.74, 6) is 2.09. The van der Waals surface area contributed by atoms with Crippen LogP contribution in [0, 0.1) is 34.0 Å². The summed E-state index contributed by atoms with van der Waals surface area (Å²) in [7, 11) is 0. The van der Waals surface area contributed by atoms with Gasteiger partial charge in [0.25, 0.3) is 0 Å². The van der Waals surface area contributed by atoms with Crippen LogP contribution in [0.5, 0.6) is 0 Å². The topological polar surface area (TPSA) is 32.7 Å². The van der Waals surface area contributed by atoms with E-state index in [2.05, 4.69) is 18.4 Å². The number of aliphatic hydroxyl groups is 1. The number of hydrogen-bond donors (Lipinski definition) is 1. The number of rotatable bonds is 0. The zero-order valence-electron chi connectivity index (χ0n) is 15.7. The molecular weight excluding hydrogens is 310 g/mol. The predicted octanol–water partition coefficient (Wildman–Crippen LogP) is 3.58. The molecule has 2 heterocycles. The number of ether oxygens (including phenoxy) is 1. The van der Waals surface area contributed by atoms with E-state index in [-0.39, 0.29) is 11.5 Å². The molecule has 8 atom stereocenters. The summed E-state index contributed by atoms with van der Waals surface area (Å²) in [6.07, 6.45) is 10.5. The van der Waals surface area contributed by atoms with E-state index in [9.17, 15) is 5.11 Å². The normalized spacial score (nSPS) is 60.1. The second-order valence-corrected chi connectivity index (χ2v) is 10.6. The van der Waals surface area contributed by atoms with Crippen molar-refractivity contribution >= 4 is 0 Å². The van der Waals surface area contributed by atoms with Crippen molar-refractivity contribution in [1.82, 2.24) is 4.90 Å². The molecule has 0 aromatic heterocycles. The molecule has 0 aromatic carbocycles. The van der Waals surface area contributed by atoms with Crippen LogP contribution in [0.4, 0.5) is 0 Å². The highest BCUT2D eigenvalue weighted by atomic mass is 16.5. The Hall–Kier alpha value is -0.380. The van der Waals surface area contributed by atoms with Gasteiger partial charge in [0.05, 0.1) is 12.7 Å². The summed E-state index contributed by atoms with van der Waals surface area (Å²) in [4.78, 5) is 2.69. The van der Waals surface area contributed by atoms with Crippen molar-refractivity contribution in [3.63, 3.8) is 0 Å². The first-order valence-corrected chi connectivity index (χ1v) is 10.7. The van der Waals surface area contributed by atoms with E-state index in [0.717, 1.165) is 19.1 Å². The molecule has 2 saturated heterocycles. The standard InChI is InChI=1S/C22H33NO2/c1-14-15-4-5-17-21(12-15,18(14)24)9-6-16-20(2)7-3-8-22(16,17)13-23-10-11-25-19(20)23/h15-19,24H,1,3-13H2,2H3/t15-,16+,17+,18-,19?,20+,21+,22-/m0/s1. The molecule has 4 aliphatic carbocycles. The van der Waals surface area contributed by atoms with E-state index in [0.29, 0.717) is 28.9 Å². The van der Waals surface area contributed by atoms with Crippen molar-refractivity contribution in [3.05, 3.63) is 12.2 Å². The largest absolute Gasteiger partial charge is 0.388 e. The van der Waals surface area contributed by atoms with Crippen LogP contribution in [0.25, 0.3) is 0 Å². The average molecular weight is 344 g/mol. The molecule has 1 unspecified atom stereocenters. The summed E-state index contributed by atoms with van der Waals surface area (Å²) in [5, 5.41) is 11.3. The molecule has 0 aromatic rings. The van der Waals surface area contributed by atoms with Gasteiger partial charge in [-0.3, -0.25) is 4.90 Å². The predicted molar refractivity (Wildman–Crippen MR) is 96.8 cm³/mol. The quantitative estimate of drug-likeness (QED) is 0.683. The summed E-state index contributed by atoms with van der Waals surface area (Å²) in [6.45, 7) is 10.1. The van der Waals surface area contributed by atoms with Gasteiger partial charge in [-0.15, -0.1) is 0 Å².